The van der Waals surface area contributed by atoms with E-state index in [-0.39, 0.29) is 23.2 Å². The van der Waals surface area contributed by atoms with E-state index in [2.05, 4.69) is 5.32 Å². The van der Waals surface area contributed by atoms with Crippen molar-refractivity contribution < 1.29 is 14.3 Å². The average Bonchev–Trinajstić information content (AvgIpc) is 2.54. The van der Waals surface area contributed by atoms with Crippen molar-refractivity contribution in [1.82, 2.24) is 5.32 Å². The lowest BCUT2D eigenvalue weighted by atomic mass is 10.0. The molecule has 0 spiro atoms. The van der Waals surface area contributed by atoms with Crippen LogP contribution in [0.25, 0.3) is 0 Å². The molecule has 2 aromatic carbocycles. The van der Waals surface area contributed by atoms with Crippen LogP contribution in [0.4, 0.5) is 4.39 Å². The predicted octanol–water partition coefficient (Wildman–Crippen LogP) is 3.72. The molecule has 1 amide bonds. The van der Waals surface area contributed by atoms with Crippen LogP contribution in [0.5, 0.6) is 0 Å². The number of rotatable bonds is 6. The summed E-state index contributed by atoms with van der Waals surface area (Å²) in [6.45, 7) is 0.0416. The second-order valence-corrected chi connectivity index (χ2v) is 5.28. The van der Waals surface area contributed by atoms with Gasteiger partial charge < -0.3 is 10.4 Å². The third-order valence-corrected chi connectivity index (χ3v) is 3.74. The number of benzene rings is 2. The quantitative estimate of drug-likeness (QED) is 0.852. The minimum atomic E-state index is -0.624. The number of hydrogen-bond donors (Lipinski definition) is 2. The van der Waals surface area contributed by atoms with Crippen LogP contribution in [0, 0.1) is 5.82 Å². The molecule has 0 aliphatic carbocycles. The molecule has 5 heteroatoms. The summed E-state index contributed by atoms with van der Waals surface area (Å²) in [5.74, 6) is -1.06. The number of aliphatic hydroxyl groups is 1. The lowest BCUT2D eigenvalue weighted by molar-refractivity contribution is 0.0932. The number of carbonyl (C=O) groups excluding carboxylic acids is 1. The number of aliphatic hydroxyl groups excluding tert-OH is 1. The minimum absolute atomic E-state index is 0.0416. The van der Waals surface area contributed by atoms with Crippen molar-refractivity contribution >= 4 is 17.5 Å². The van der Waals surface area contributed by atoms with E-state index >= 15 is 0 Å². The maximum atomic E-state index is 13.5. The highest BCUT2D eigenvalue weighted by molar-refractivity contribution is 6.34. The van der Waals surface area contributed by atoms with Gasteiger partial charge in [0.15, 0.2) is 0 Å². The molecule has 0 heterocycles. The van der Waals surface area contributed by atoms with Crippen molar-refractivity contribution in [2.45, 2.75) is 18.9 Å². The Morgan fingerprint density at radius 3 is 2.59 bits per heavy atom. The van der Waals surface area contributed by atoms with Gasteiger partial charge in [0.1, 0.15) is 5.82 Å². The molecule has 1 atom stereocenters. The Kier molecular flexibility index (Phi) is 5.92. The van der Waals surface area contributed by atoms with Crippen LogP contribution in [0.1, 0.15) is 34.8 Å². The van der Waals surface area contributed by atoms with Gasteiger partial charge in [-0.2, -0.15) is 0 Å². The minimum Gasteiger partial charge on any atom is -0.396 e. The van der Waals surface area contributed by atoms with Crippen molar-refractivity contribution in [2.24, 2.45) is 0 Å². The molecule has 0 aliphatic heterocycles. The molecular formula is C17H17ClFNO2. The summed E-state index contributed by atoms with van der Waals surface area (Å²) in [6.07, 6.45) is 1.13. The van der Waals surface area contributed by atoms with Gasteiger partial charge in [0, 0.05) is 6.61 Å². The fourth-order valence-electron chi connectivity index (χ4n) is 2.22. The first-order chi connectivity index (χ1) is 10.6. The number of nitrogens with one attached hydrogen (secondary N) is 1. The lowest BCUT2D eigenvalue weighted by Gasteiger charge is -2.19. The van der Waals surface area contributed by atoms with Crippen molar-refractivity contribution in [1.29, 1.82) is 0 Å². The van der Waals surface area contributed by atoms with Crippen LogP contribution >= 0.6 is 11.6 Å². The Morgan fingerprint density at radius 2 is 1.91 bits per heavy atom. The van der Waals surface area contributed by atoms with Crippen molar-refractivity contribution in [2.75, 3.05) is 6.61 Å². The maximum absolute atomic E-state index is 13.5. The maximum Gasteiger partial charge on any atom is 0.253 e. The Morgan fingerprint density at radius 1 is 1.18 bits per heavy atom. The van der Waals surface area contributed by atoms with Crippen molar-refractivity contribution in [3.63, 3.8) is 0 Å². The van der Waals surface area contributed by atoms with Gasteiger partial charge in [0.05, 0.1) is 16.6 Å². The molecular weight excluding hydrogens is 305 g/mol. The van der Waals surface area contributed by atoms with Gasteiger partial charge in [-0.05, 0) is 30.5 Å². The van der Waals surface area contributed by atoms with Crippen LogP contribution in [0.2, 0.25) is 5.02 Å². The van der Waals surface area contributed by atoms with Crippen molar-refractivity contribution in [3.8, 4) is 0 Å². The highest BCUT2D eigenvalue weighted by atomic mass is 35.5. The zero-order chi connectivity index (χ0) is 15.9. The summed E-state index contributed by atoms with van der Waals surface area (Å²) in [5, 5.41) is 11.7. The molecule has 116 valence electrons. The Labute approximate surface area is 133 Å². The molecule has 0 aliphatic rings. The first-order valence-electron chi connectivity index (χ1n) is 7.04. The molecule has 2 N–H and O–H groups in total. The van der Waals surface area contributed by atoms with E-state index in [0.29, 0.717) is 12.8 Å². The Bertz CT molecular complexity index is 634. The van der Waals surface area contributed by atoms with E-state index < -0.39 is 11.7 Å². The fraction of sp³-hybridized carbons (Fsp3) is 0.235. The van der Waals surface area contributed by atoms with E-state index in [9.17, 15) is 9.18 Å². The fourth-order valence-corrected chi connectivity index (χ4v) is 2.43. The van der Waals surface area contributed by atoms with Gasteiger partial charge in [-0.1, -0.05) is 48.0 Å². The van der Waals surface area contributed by atoms with Crippen LogP contribution in [-0.4, -0.2) is 17.6 Å². The molecule has 0 aromatic heterocycles. The Hall–Kier alpha value is -1.91. The molecule has 0 saturated carbocycles. The predicted molar refractivity (Wildman–Crippen MR) is 84.4 cm³/mol. The highest BCUT2D eigenvalue weighted by Gasteiger charge is 2.18. The summed E-state index contributed by atoms with van der Waals surface area (Å²) in [7, 11) is 0. The largest absolute Gasteiger partial charge is 0.396 e. The summed E-state index contributed by atoms with van der Waals surface area (Å²) < 4.78 is 13.5. The molecule has 0 radical (unpaired) electrons. The van der Waals surface area contributed by atoms with Gasteiger partial charge in [-0.15, -0.1) is 0 Å². The molecule has 22 heavy (non-hydrogen) atoms. The smallest absolute Gasteiger partial charge is 0.253 e. The number of amides is 1. The molecule has 0 fully saturated rings. The second-order valence-electron chi connectivity index (χ2n) is 4.90. The summed E-state index contributed by atoms with van der Waals surface area (Å²) in [6, 6.07) is 13.3. The summed E-state index contributed by atoms with van der Waals surface area (Å²) in [5.41, 5.74) is 1.03. The Balaban J connectivity index is 2.19. The van der Waals surface area contributed by atoms with Crippen LogP contribution in [0.15, 0.2) is 48.5 Å². The lowest BCUT2D eigenvalue weighted by Crippen LogP contribution is -2.29. The average molecular weight is 322 g/mol. The van der Waals surface area contributed by atoms with E-state index in [1.165, 1.54) is 18.2 Å². The summed E-state index contributed by atoms with van der Waals surface area (Å²) >= 11 is 5.85. The topological polar surface area (TPSA) is 49.3 Å². The zero-order valence-corrected chi connectivity index (χ0v) is 12.7. The standard InChI is InChI=1S/C17H17ClFNO2/c18-16-13(8-4-9-14(16)19)17(22)20-15(10-5-11-21)12-6-2-1-3-7-12/h1-4,6-9,15,21H,5,10-11H2,(H,20,22). The van der Waals surface area contributed by atoms with Crippen molar-refractivity contribution in [3.05, 3.63) is 70.5 Å². The molecule has 3 nitrogen and oxygen atoms in total. The van der Waals surface area contributed by atoms with E-state index in [1.807, 2.05) is 30.3 Å². The number of halogens is 2. The van der Waals surface area contributed by atoms with Gasteiger partial charge in [-0.25, -0.2) is 4.39 Å². The molecule has 0 bridgehead atoms. The monoisotopic (exact) mass is 321 g/mol. The first-order valence-corrected chi connectivity index (χ1v) is 7.42. The van der Waals surface area contributed by atoms with Gasteiger partial charge >= 0.3 is 0 Å². The number of hydrogen-bond acceptors (Lipinski definition) is 2. The van der Waals surface area contributed by atoms with Crippen LogP contribution < -0.4 is 5.32 Å². The second kappa shape index (κ2) is 7.92. The van der Waals surface area contributed by atoms with E-state index in [0.717, 1.165) is 5.56 Å². The van der Waals surface area contributed by atoms with Gasteiger partial charge in [-0.3, -0.25) is 4.79 Å². The SMILES string of the molecule is O=C(NC(CCCO)c1ccccc1)c1cccc(F)c1Cl. The number of carbonyl (C=O) groups is 1. The highest BCUT2D eigenvalue weighted by Crippen LogP contribution is 2.23. The van der Waals surface area contributed by atoms with E-state index in [4.69, 9.17) is 16.7 Å². The third-order valence-electron chi connectivity index (χ3n) is 3.35. The van der Waals surface area contributed by atoms with Gasteiger partial charge in [0.25, 0.3) is 5.91 Å². The zero-order valence-electron chi connectivity index (χ0n) is 11.9. The van der Waals surface area contributed by atoms with E-state index in [1.54, 1.807) is 0 Å². The molecule has 2 rings (SSSR count). The first kappa shape index (κ1) is 16.5. The molecule has 1 unspecified atom stereocenters. The normalized spacial score (nSPS) is 12.0. The van der Waals surface area contributed by atoms with Crippen LogP contribution in [0.3, 0.4) is 0 Å². The van der Waals surface area contributed by atoms with Crippen LogP contribution in [-0.2, 0) is 0 Å². The molecule has 2 aromatic rings. The van der Waals surface area contributed by atoms with Gasteiger partial charge in [0.2, 0.25) is 0 Å². The molecule has 0 saturated heterocycles. The third kappa shape index (κ3) is 4.06. The summed E-state index contributed by atoms with van der Waals surface area (Å²) in [4.78, 5) is 12.3.